The average Bonchev–Trinajstić information content (AvgIpc) is 2.29. The Labute approximate surface area is 102 Å². The number of amides is 2. The minimum absolute atomic E-state index is 0.0112. The van der Waals surface area contributed by atoms with E-state index in [2.05, 4.69) is 10.6 Å². The van der Waals surface area contributed by atoms with E-state index >= 15 is 0 Å². The highest BCUT2D eigenvalue weighted by atomic mass is 16.5. The molecule has 98 valence electrons. The van der Waals surface area contributed by atoms with E-state index in [0.29, 0.717) is 19.7 Å². The SMILES string of the molecule is COCCN(C(=O)C1CNC(=O)CN1)C(C)C. The standard InChI is InChI=1S/C11H21N3O3/c1-8(2)14(4-5-17-3)11(16)9-6-13-10(15)7-12-9/h8-9,12H,4-7H2,1-3H3,(H,13,15). The zero-order chi connectivity index (χ0) is 12.8. The van der Waals surface area contributed by atoms with Crippen molar-refractivity contribution >= 4 is 11.8 Å². The summed E-state index contributed by atoms with van der Waals surface area (Å²) in [5.41, 5.74) is 0. The van der Waals surface area contributed by atoms with Gasteiger partial charge in [-0.05, 0) is 13.8 Å². The summed E-state index contributed by atoms with van der Waals surface area (Å²) < 4.78 is 4.99. The molecule has 1 saturated heterocycles. The molecule has 1 unspecified atom stereocenters. The second kappa shape index (κ2) is 6.56. The summed E-state index contributed by atoms with van der Waals surface area (Å²) in [6, 6.07) is -0.205. The molecule has 17 heavy (non-hydrogen) atoms. The number of carbonyl (C=O) groups excluding carboxylic acids is 2. The molecule has 0 aromatic heterocycles. The van der Waals surface area contributed by atoms with Crippen LogP contribution in [0, 0.1) is 0 Å². The van der Waals surface area contributed by atoms with Gasteiger partial charge in [-0.25, -0.2) is 0 Å². The number of ether oxygens (including phenoxy) is 1. The Kier molecular flexibility index (Phi) is 5.37. The van der Waals surface area contributed by atoms with Gasteiger partial charge in [-0.3, -0.25) is 14.9 Å². The molecule has 1 fully saturated rings. The monoisotopic (exact) mass is 243 g/mol. The normalized spacial score (nSPS) is 20.2. The number of nitrogens with zero attached hydrogens (tertiary/aromatic N) is 1. The van der Waals surface area contributed by atoms with Crippen LogP contribution >= 0.6 is 0 Å². The van der Waals surface area contributed by atoms with E-state index in [1.807, 2.05) is 13.8 Å². The second-order valence-electron chi connectivity index (χ2n) is 4.36. The number of carbonyl (C=O) groups is 2. The van der Waals surface area contributed by atoms with Crippen molar-refractivity contribution in [2.24, 2.45) is 0 Å². The fourth-order valence-electron chi connectivity index (χ4n) is 1.75. The van der Waals surface area contributed by atoms with E-state index in [9.17, 15) is 9.59 Å². The third kappa shape index (κ3) is 3.98. The molecular weight excluding hydrogens is 222 g/mol. The van der Waals surface area contributed by atoms with E-state index in [0.717, 1.165) is 0 Å². The number of nitrogens with one attached hydrogen (secondary N) is 2. The Morgan fingerprint density at radius 1 is 1.59 bits per heavy atom. The molecule has 1 atom stereocenters. The third-order valence-electron chi connectivity index (χ3n) is 2.75. The van der Waals surface area contributed by atoms with Crippen LogP contribution in [-0.2, 0) is 14.3 Å². The molecule has 0 radical (unpaired) electrons. The molecule has 0 aromatic carbocycles. The summed E-state index contributed by atoms with van der Waals surface area (Å²) in [6.07, 6.45) is 0. The van der Waals surface area contributed by atoms with Gasteiger partial charge in [0.05, 0.1) is 13.2 Å². The zero-order valence-electron chi connectivity index (χ0n) is 10.7. The first-order valence-electron chi connectivity index (χ1n) is 5.85. The number of methoxy groups -OCH3 is 1. The predicted molar refractivity (Wildman–Crippen MR) is 63.5 cm³/mol. The number of hydrogen-bond acceptors (Lipinski definition) is 4. The van der Waals surface area contributed by atoms with Gasteiger partial charge in [0, 0.05) is 26.2 Å². The fourth-order valence-corrected chi connectivity index (χ4v) is 1.75. The van der Waals surface area contributed by atoms with E-state index in [4.69, 9.17) is 4.74 Å². The maximum absolute atomic E-state index is 12.2. The van der Waals surface area contributed by atoms with E-state index < -0.39 is 0 Å². The van der Waals surface area contributed by atoms with Crippen LogP contribution in [0.2, 0.25) is 0 Å². The predicted octanol–water partition coefficient (Wildman–Crippen LogP) is -1.04. The molecule has 6 heteroatoms. The van der Waals surface area contributed by atoms with Gasteiger partial charge >= 0.3 is 0 Å². The molecule has 0 bridgehead atoms. The quantitative estimate of drug-likeness (QED) is 0.647. The highest BCUT2D eigenvalue weighted by molar-refractivity contribution is 5.86. The van der Waals surface area contributed by atoms with Crippen LogP contribution in [0.3, 0.4) is 0 Å². The molecule has 1 rings (SSSR count). The minimum atomic E-state index is -0.327. The van der Waals surface area contributed by atoms with E-state index in [1.54, 1.807) is 12.0 Å². The van der Waals surface area contributed by atoms with Crippen LogP contribution in [0.4, 0.5) is 0 Å². The number of piperazine rings is 1. The van der Waals surface area contributed by atoms with E-state index in [-0.39, 0.29) is 30.4 Å². The van der Waals surface area contributed by atoms with Crippen LogP contribution in [0.15, 0.2) is 0 Å². The summed E-state index contributed by atoms with van der Waals surface area (Å²) in [7, 11) is 1.61. The molecular formula is C11H21N3O3. The van der Waals surface area contributed by atoms with Gasteiger partial charge < -0.3 is 15.0 Å². The highest BCUT2D eigenvalue weighted by Crippen LogP contribution is 2.03. The summed E-state index contributed by atoms with van der Waals surface area (Å²) in [4.78, 5) is 25.0. The van der Waals surface area contributed by atoms with Gasteiger partial charge in [-0.1, -0.05) is 0 Å². The first-order valence-corrected chi connectivity index (χ1v) is 5.85. The fraction of sp³-hybridized carbons (Fsp3) is 0.818. The van der Waals surface area contributed by atoms with Crippen LogP contribution in [0.25, 0.3) is 0 Å². The van der Waals surface area contributed by atoms with Gasteiger partial charge in [0.25, 0.3) is 0 Å². The smallest absolute Gasteiger partial charge is 0.241 e. The maximum Gasteiger partial charge on any atom is 0.241 e. The molecule has 2 N–H and O–H groups in total. The lowest BCUT2D eigenvalue weighted by molar-refractivity contribution is -0.137. The Balaban J connectivity index is 2.54. The van der Waals surface area contributed by atoms with Crippen molar-refractivity contribution in [1.29, 1.82) is 0 Å². The summed E-state index contributed by atoms with van der Waals surface area (Å²) in [5.74, 6) is -0.0564. The van der Waals surface area contributed by atoms with Crippen LogP contribution < -0.4 is 10.6 Å². The van der Waals surface area contributed by atoms with Crippen molar-refractivity contribution in [3.63, 3.8) is 0 Å². The molecule has 2 amide bonds. The molecule has 1 heterocycles. The van der Waals surface area contributed by atoms with Crippen LogP contribution in [0.1, 0.15) is 13.8 Å². The Morgan fingerprint density at radius 2 is 2.29 bits per heavy atom. The Bertz CT molecular complexity index is 271. The lowest BCUT2D eigenvalue weighted by Gasteiger charge is -2.32. The van der Waals surface area contributed by atoms with Crippen molar-refractivity contribution in [1.82, 2.24) is 15.5 Å². The molecule has 6 nitrogen and oxygen atoms in total. The van der Waals surface area contributed by atoms with Gasteiger partial charge in [-0.15, -0.1) is 0 Å². The average molecular weight is 243 g/mol. The van der Waals surface area contributed by atoms with Crippen LogP contribution in [0.5, 0.6) is 0 Å². The largest absolute Gasteiger partial charge is 0.383 e. The van der Waals surface area contributed by atoms with Gasteiger partial charge in [-0.2, -0.15) is 0 Å². The summed E-state index contributed by atoms with van der Waals surface area (Å²) in [5, 5.41) is 5.62. The zero-order valence-corrected chi connectivity index (χ0v) is 10.7. The topological polar surface area (TPSA) is 70.7 Å². The molecule has 0 saturated carbocycles. The van der Waals surface area contributed by atoms with Gasteiger partial charge in [0.2, 0.25) is 11.8 Å². The number of hydrogen-bond donors (Lipinski definition) is 2. The van der Waals surface area contributed by atoms with E-state index in [1.165, 1.54) is 0 Å². The van der Waals surface area contributed by atoms with Crippen molar-refractivity contribution in [2.75, 3.05) is 33.4 Å². The first kappa shape index (κ1) is 13.9. The van der Waals surface area contributed by atoms with Crippen LogP contribution in [-0.4, -0.2) is 62.1 Å². The Hall–Kier alpha value is -1.14. The lowest BCUT2D eigenvalue weighted by atomic mass is 10.1. The third-order valence-corrected chi connectivity index (χ3v) is 2.75. The highest BCUT2D eigenvalue weighted by Gasteiger charge is 2.28. The maximum atomic E-state index is 12.2. The van der Waals surface area contributed by atoms with Crippen molar-refractivity contribution < 1.29 is 14.3 Å². The molecule has 1 aliphatic rings. The van der Waals surface area contributed by atoms with Crippen molar-refractivity contribution in [2.45, 2.75) is 25.9 Å². The summed E-state index contributed by atoms with van der Waals surface area (Å²) >= 11 is 0. The van der Waals surface area contributed by atoms with Crippen molar-refractivity contribution in [3.8, 4) is 0 Å². The lowest BCUT2D eigenvalue weighted by Crippen LogP contribution is -2.59. The van der Waals surface area contributed by atoms with Crippen molar-refractivity contribution in [3.05, 3.63) is 0 Å². The summed E-state index contributed by atoms with van der Waals surface area (Å²) in [6.45, 7) is 5.58. The first-order chi connectivity index (χ1) is 8.06. The molecule has 0 aromatic rings. The minimum Gasteiger partial charge on any atom is -0.383 e. The van der Waals surface area contributed by atoms with Gasteiger partial charge in [0.15, 0.2) is 0 Å². The molecule has 0 spiro atoms. The number of rotatable bonds is 5. The second-order valence-corrected chi connectivity index (χ2v) is 4.36. The molecule has 0 aliphatic carbocycles. The molecule has 1 aliphatic heterocycles. The Morgan fingerprint density at radius 3 is 2.76 bits per heavy atom. The van der Waals surface area contributed by atoms with Gasteiger partial charge in [0.1, 0.15) is 6.04 Å².